The largest absolute Gasteiger partial charge is 0.468 e. The molecule has 3 heteroatoms. The molecule has 0 aromatic carbocycles. The summed E-state index contributed by atoms with van der Waals surface area (Å²) < 4.78 is 5.38. The third-order valence-electron chi connectivity index (χ3n) is 2.83. The number of rotatable bonds is 2. The first-order valence-electron chi connectivity index (χ1n) is 5.65. The Morgan fingerprint density at radius 2 is 2.40 bits per heavy atom. The van der Waals surface area contributed by atoms with Crippen LogP contribution >= 0.6 is 0 Å². The molecular formula is C12H20N2O. The summed E-state index contributed by atoms with van der Waals surface area (Å²) in [5, 5.41) is 3.56. The molecule has 0 radical (unpaired) electrons. The molecule has 15 heavy (non-hydrogen) atoms. The van der Waals surface area contributed by atoms with Crippen LogP contribution in [-0.2, 0) is 6.54 Å². The summed E-state index contributed by atoms with van der Waals surface area (Å²) in [5.41, 5.74) is 0.211. The minimum absolute atomic E-state index is 0.211. The second kappa shape index (κ2) is 4.37. The molecule has 1 aromatic rings. The highest BCUT2D eigenvalue weighted by Crippen LogP contribution is 2.13. The van der Waals surface area contributed by atoms with E-state index in [9.17, 15) is 0 Å². The van der Waals surface area contributed by atoms with Crippen molar-refractivity contribution < 1.29 is 4.42 Å². The quantitative estimate of drug-likeness (QED) is 0.804. The number of hydrogen-bond donors (Lipinski definition) is 1. The van der Waals surface area contributed by atoms with E-state index >= 15 is 0 Å². The topological polar surface area (TPSA) is 28.4 Å². The highest BCUT2D eigenvalue weighted by Gasteiger charge is 2.24. The molecule has 0 atom stereocenters. The monoisotopic (exact) mass is 208 g/mol. The Kier molecular flexibility index (Phi) is 3.12. The maximum atomic E-state index is 5.38. The summed E-state index contributed by atoms with van der Waals surface area (Å²) in [5.74, 6) is 1.06. The molecule has 1 fully saturated rings. The lowest BCUT2D eigenvalue weighted by atomic mass is 10.1. The molecule has 2 heterocycles. The van der Waals surface area contributed by atoms with Crippen LogP contribution in [0.4, 0.5) is 0 Å². The third-order valence-corrected chi connectivity index (χ3v) is 2.83. The van der Waals surface area contributed by atoms with Crippen molar-refractivity contribution in [2.45, 2.75) is 32.4 Å². The van der Waals surface area contributed by atoms with Crippen LogP contribution < -0.4 is 5.32 Å². The fourth-order valence-electron chi connectivity index (χ4n) is 2.18. The normalized spacial score (nSPS) is 22.5. The van der Waals surface area contributed by atoms with Gasteiger partial charge in [0.2, 0.25) is 0 Å². The lowest BCUT2D eigenvalue weighted by Gasteiger charge is -2.29. The van der Waals surface area contributed by atoms with Crippen LogP contribution in [0.1, 0.15) is 26.0 Å². The third kappa shape index (κ3) is 3.08. The first-order chi connectivity index (χ1) is 7.16. The Labute approximate surface area is 91.4 Å². The molecular weight excluding hydrogens is 188 g/mol. The van der Waals surface area contributed by atoms with E-state index in [1.807, 2.05) is 12.1 Å². The average molecular weight is 208 g/mol. The second-order valence-corrected chi connectivity index (χ2v) is 4.95. The molecule has 0 unspecified atom stereocenters. The lowest BCUT2D eigenvalue weighted by Crippen LogP contribution is -2.46. The predicted octanol–water partition coefficient (Wildman–Crippen LogP) is 1.85. The molecule has 0 saturated carbocycles. The van der Waals surface area contributed by atoms with Gasteiger partial charge in [-0.3, -0.25) is 4.90 Å². The van der Waals surface area contributed by atoms with Gasteiger partial charge in [0.15, 0.2) is 0 Å². The van der Waals surface area contributed by atoms with Crippen LogP contribution in [0.3, 0.4) is 0 Å². The molecule has 1 saturated heterocycles. The average Bonchev–Trinajstić information content (AvgIpc) is 2.58. The fraction of sp³-hybridized carbons (Fsp3) is 0.667. The zero-order valence-corrected chi connectivity index (χ0v) is 9.62. The zero-order chi connectivity index (χ0) is 10.7. The van der Waals surface area contributed by atoms with Crippen molar-refractivity contribution in [2.24, 2.45) is 0 Å². The van der Waals surface area contributed by atoms with Crippen molar-refractivity contribution in [1.29, 1.82) is 0 Å². The van der Waals surface area contributed by atoms with E-state index in [-0.39, 0.29) is 5.54 Å². The van der Waals surface area contributed by atoms with Crippen molar-refractivity contribution >= 4 is 0 Å². The maximum absolute atomic E-state index is 5.38. The Balaban J connectivity index is 1.96. The molecule has 1 N–H and O–H groups in total. The highest BCUT2D eigenvalue weighted by molar-refractivity contribution is 4.99. The summed E-state index contributed by atoms with van der Waals surface area (Å²) in [4.78, 5) is 2.46. The van der Waals surface area contributed by atoms with Gasteiger partial charge in [-0.15, -0.1) is 0 Å². The van der Waals surface area contributed by atoms with E-state index in [2.05, 4.69) is 24.1 Å². The number of furan rings is 1. The van der Waals surface area contributed by atoms with Gasteiger partial charge >= 0.3 is 0 Å². The molecule has 1 aliphatic rings. The number of nitrogens with zero attached hydrogens (tertiary/aromatic N) is 1. The first kappa shape index (κ1) is 10.7. The number of nitrogens with one attached hydrogen (secondary N) is 1. The van der Waals surface area contributed by atoms with Gasteiger partial charge < -0.3 is 9.73 Å². The molecule has 84 valence electrons. The molecule has 1 aliphatic heterocycles. The maximum Gasteiger partial charge on any atom is 0.117 e. The first-order valence-corrected chi connectivity index (χ1v) is 5.65. The van der Waals surface area contributed by atoms with Gasteiger partial charge in [-0.2, -0.15) is 0 Å². The van der Waals surface area contributed by atoms with Crippen molar-refractivity contribution in [3.05, 3.63) is 24.2 Å². The van der Waals surface area contributed by atoms with Crippen molar-refractivity contribution in [1.82, 2.24) is 10.2 Å². The Hall–Kier alpha value is -0.800. The van der Waals surface area contributed by atoms with E-state index in [4.69, 9.17) is 4.42 Å². The van der Waals surface area contributed by atoms with Crippen molar-refractivity contribution in [2.75, 3.05) is 19.6 Å². The fourth-order valence-corrected chi connectivity index (χ4v) is 2.18. The van der Waals surface area contributed by atoms with Gasteiger partial charge in [0.25, 0.3) is 0 Å². The molecule has 0 bridgehead atoms. The molecule has 0 aliphatic carbocycles. The summed E-state index contributed by atoms with van der Waals surface area (Å²) in [7, 11) is 0. The van der Waals surface area contributed by atoms with E-state index < -0.39 is 0 Å². The number of hydrogen-bond acceptors (Lipinski definition) is 3. The minimum atomic E-state index is 0.211. The molecule has 3 nitrogen and oxygen atoms in total. The Bertz CT molecular complexity index is 293. The zero-order valence-electron chi connectivity index (χ0n) is 9.62. The predicted molar refractivity (Wildman–Crippen MR) is 60.7 cm³/mol. The van der Waals surface area contributed by atoms with Crippen LogP contribution in [0.2, 0.25) is 0 Å². The SMILES string of the molecule is CC1(C)CN(Cc2ccco2)CCCN1. The smallest absolute Gasteiger partial charge is 0.117 e. The van der Waals surface area contributed by atoms with Gasteiger partial charge in [0, 0.05) is 12.1 Å². The Morgan fingerprint density at radius 3 is 3.13 bits per heavy atom. The van der Waals surface area contributed by atoms with Gasteiger partial charge in [-0.1, -0.05) is 0 Å². The van der Waals surface area contributed by atoms with Gasteiger partial charge in [0.1, 0.15) is 5.76 Å². The summed E-state index contributed by atoms with van der Waals surface area (Å²) >= 11 is 0. The minimum Gasteiger partial charge on any atom is -0.468 e. The van der Waals surface area contributed by atoms with E-state index in [1.165, 1.54) is 6.42 Å². The van der Waals surface area contributed by atoms with Crippen LogP contribution in [0.15, 0.2) is 22.8 Å². The lowest BCUT2D eigenvalue weighted by molar-refractivity contribution is 0.209. The van der Waals surface area contributed by atoms with Gasteiger partial charge in [-0.25, -0.2) is 0 Å². The standard InChI is InChI=1S/C12H20N2O/c1-12(2)10-14(7-4-6-13-12)9-11-5-3-8-15-11/h3,5,8,13H,4,6-7,9-10H2,1-2H3. The van der Waals surface area contributed by atoms with Crippen molar-refractivity contribution in [3.63, 3.8) is 0 Å². The van der Waals surface area contributed by atoms with Crippen molar-refractivity contribution in [3.8, 4) is 0 Å². The van der Waals surface area contributed by atoms with Crippen LogP contribution in [-0.4, -0.2) is 30.1 Å². The summed E-state index contributed by atoms with van der Waals surface area (Å²) in [6.07, 6.45) is 2.96. The molecule has 0 amide bonds. The van der Waals surface area contributed by atoms with E-state index in [0.29, 0.717) is 0 Å². The highest BCUT2D eigenvalue weighted by atomic mass is 16.3. The summed E-state index contributed by atoms with van der Waals surface area (Å²) in [6.45, 7) is 8.78. The van der Waals surface area contributed by atoms with E-state index in [0.717, 1.165) is 31.9 Å². The molecule has 1 aromatic heterocycles. The molecule has 2 rings (SSSR count). The molecule has 0 spiro atoms. The van der Waals surface area contributed by atoms with Gasteiger partial charge in [-0.05, 0) is 45.5 Å². The van der Waals surface area contributed by atoms with Crippen LogP contribution in [0, 0.1) is 0 Å². The van der Waals surface area contributed by atoms with Crippen LogP contribution in [0.25, 0.3) is 0 Å². The Morgan fingerprint density at radius 1 is 1.53 bits per heavy atom. The van der Waals surface area contributed by atoms with E-state index in [1.54, 1.807) is 6.26 Å². The second-order valence-electron chi connectivity index (χ2n) is 4.95. The summed E-state index contributed by atoms with van der Waals surface area (Å²) in [6, 6.07) is 4.00. The van der Waals surface area contributed by atoms with Gasteiger partial charge in [0.05, 0.1) is 12.8 Å². The van der Waals surface area contributed by atoms with Crippen LogP contribution in [0.5, 0.6) is 0 Å².